The monoisotopic (exact) mass is 411 g/mol. The zero-order chi connectivity index (χ0) is 20.2. The van der Waals surface area contributed by atoms with Crippen molar-refractivity contribution in [3.8, 4) is 0 Å². The molecule has 1 aromatic carbocycles. The Morgan fingerprint density at radius 3 is 2.25 bits per heavy atom. The number of hydrogen-bond donors (Lipinski definition) is 4. The van der Waals surface area contributed by atoms with Gasteiger partial charge in [0.15, 0.2) is 0 Å². The van der Waals surface area contributed by atoms with Gasteiger partial charge in [-0.05, 0) is 29.0 Å². The fourth-order valence-electron chi connectivity index (χ4n) is 3.15. The predicted molar refractivity (Wildman–Crippen MR) is 114 cm³/mol. The lowest BCUT2D eigenvalue weighted by Gasteiger charge is -2.23. The van der Waals surface area contributed by atoms with E-state index in [1.165, 1.54) is 0 Å². The molecule has 0 aromatic heterocycles. The first-order chi connectivity index (χ1) is 12.6. The van der Waals surface area contributed by atoms with Crippen LogP contribution in [0.5, 0.6) is 0 Å². The summed E-state index contributed by atoms with van der Waals surface area (Å²) in [5.74, 6) is -0.521. The van der Waals surface area contributed by atoms with Crippen molar-refractivity contribution in [1.29, 1.82) is 0 Å². The predicted octanol–water partition coefficient (Wildman–Crippen LogP) is 1.86. The number of nitrogens with one attached hydrogen (secondary N) is 3. The molecule has 0 radical (unpaired) electrons. The summed E-state index contributed by atoms with van der Waals surface area (Å²) in [6.45, 7) is 11.8. The van der Waals surface area contributed by atoms with E-state index in [-0.39, 0.29) is 41.5 Å². The molecule has 1 aromatic rings. The van der Waals surface area contributed by atoms with Gasteiger partial charge in [-0.3, -0.25) is 9.59 Å². The number of benzene rings is 1. The topological polar surface area (TPSA) is 90.5 Å². The molecule has 2 rings (SSSR count). The van der Waals surface area contributed by atoms with Crippen LogP contribution >= 0.6 is 12.4 Å². The molecule has 2 amide bonds. The van der Waals surface area contributed by atoms with E-state index in [4.69, 9.17) is 0 Å². The largest absolute Gasteiger partial charge is 0.391 e. The maximum absolute atomic E-state index is 12.6. The molecular weight excluding hydrogens is 378 g/mol. The van der Waals surface area contributed by atoms with Crippen LogP contribution in [-0.2, 0) is 10.2 Å². The summed E-state index contributed by atoms with van der Waals surface area (Å²) in [5.41, 5.74) is 1.72. The number of amides is 2. The van der Waals surface area contributed by atoms with E-state index >= 15 is 0 Å². The van der Waals surface area contributed by atoms with E-state index in [0.29, 0.717) is 25.2 Å². The van der Waals surface area contributed by atoms with Gasteiger partial charge in [0.1, 0.15) is 6.04 Å². The zero-order valence-corrected chi connectivity index (χ0v) is 18.2. The third kappa shape index (κ3) is 6.47. The molecule has 7 heteroatoms. The van der Waals surface area contributed by atoms with E-state index in [0.717, 1.165) is 5.56 Å². The van der Waals surface area contributed by atoms with Gasteiger partial charge in [-0.2, -0.15) is 0 Å². The second-order valence-electron chi connectivity index (χ2n) is 8.75. The molecule has 3 unspecified atom stereocenters. The minimum absolute atomic E-state index is 0. The summed E-state index contributed by atoms with van der Waals surface area (Å²) in [6.07, 6.45) is -0.446. The summed E-state index contributed by atoms with van der Waals surface area (Å²) >= 11 is 0. The van der Waals surface area contributed by atoms with Crippen LogP contribution in [0.1, 0.15) is 50.5 Å². The second kappa shape index (κ2) is 10.2. The molecule has 0 saturated carbocycles. The standard InChI is InChI=1S/C21H33N3O3.ClH/c1-13(2)18(20(27)23-11-15-10-22-12-17(15)25)24-19(26)14-6-8-16(9-7-14)21(3,4)5;/h6-9,13,15,17-18,22,25H,10-12H2,1-5H3,(H,23,27)(H,24,26);1H. The van der Waals surface area contributed by atoms with Crippen molar-refractivity contribution in [2.45, 2.75) is 52.2 Å². The van der Waals surface area contributed by atoms with Gasteiger partial charge in [-0.15, -0.1) is 12.4 Å². The van der Waals surface area contributed by atoms with Crippen LogP contribution in [0.25, 0.3) is 0 Å². The molecule has 0 aliphatic carbocycles. The molecule has 1 saturated heterocycles. The first-order valence-electron chi connectivity index (χ1n) is 9.67. The van der Waals surface area contributed by atoms with Crippen molar-refractivity contribution < 1.29 is 14.7 Å². The first kappa shape index (κ1) is 24.4. The van der Waals surface area contributed by atoms with Crippen LogP contribution in [0.3, 0.4) is 0 Å². The van der Waals surface area contributed by atoms with Crippen LogP contribution in [0.2, 0.25) is 0 Å². The third-order valence-electron chi connectivity index (χ3n) is 5.09. The highest BCUT2D eigenvalue weighted by Gasteiger charge is 2.28. The summed E-state index contributed by atoms with van der Waals surface area (Å²) in [5, 5.41) is 18.7. The molecule has 3 atom stereocenters. The molecule has 1 fully saturated rings. The normalized spacial score (nSPS) is 20.4. The lowest BCUT2D eigenvalue weighted by molar-refractivity contribution is -0.124. The molecule has 6 nitrogen and oxygen atoms in total. The minimum atomic E-state index is -0.619. The zero-order valence-electron chi connectivity index (χ0n) is 17.4. The van der Waals surface area contributed by atoms with E-state index in [9.17, 15) is 14.7 Å². The molecule has 0 spiro atoms. The Bertz CT molecular complexity index is 656. The van der Waals surface area contributed by atoms with Crippen LogP contribution in [0, 0.1) is 11.8 Å². The Labute approximate surface area is 174 Å². The Hall–Kier alpha value is -1.63. The van der Waals surface area contributed by atoms with Gasteiger partial charge < -0.3 is 21.1 Å². The smallest absolute Gasteiger partial charge is 0.251 e. The Morgan fingerprint density at radius 2 is 1.79 bits per heavy atom. The number of halogens is 1. The average molecular weight is 412 g/mol. The van der Waals surface area contributed by atoms with Gasteiger partial charge in [0, 0.05) is 31.1 Å². The average Bonchev–Trinajstić information content (AvgIpc) is 3.01. The maximum atomic E-state index is 12.6. The minimum Gasteiger partial charge on any atom is -0.391 e. The SMILES string of the molecule is CC(C)C(NC(=O)c1ccc(C(C)(C)C)cc1)C(=O)NCC1CNCC1O.Cl. The van der Waals surface area contributed by atoms with Gasteiger partial charge >= 0.3 is 0 Å². The van der Waals surface area contributed by atoms with Crippen molar-refractivity contribution in [1.82, 2.24) is 16.0 Å². The highest BCUT2D eigenvalue weighted by atomic mass is 35.5. The summed E-state index contributed by atoms with van der Waals surface area (Å²) < 4.78 is 0. The fraction of sp³-hybridized carbons (Fsp3) is 0.619. The van der Waals surface area contributed by atoms with Crippen molar-refractivity contribution in [2.24, 2.45) is 11.8 Å². The van der Waals surface area contributed by atoms with E-state index < -0.39 is 12.1 Å². The molecule has 1 aliphatic rings. The molecule has 1 heterocycles. The molecule has 28 heavy (non-hydrogen) atoms. The van der Waals surface area contributed by atoms with Gasteiger partial charge in [-0.1, -0.05) is 46.8 Å². The van der Waals surface area contributed by atoms with Crippen molar-refractivity contribution in [3.63, 3.8) is 0 Å². The Kier molecular flexibility index (Phi) is 8.92. The molecule has 4 N–H and O–H groups in total. The van der Waals surface area contributed by atoms with E-state index in [2.05, 4.69) is 36.7 Å². The summed E-state index contributed by atoms with van der Waals surface area (Å²) in [4.78, 5) is 25.2. The fourth-order valence-corrected chi connectivity index (χ4v) is 3.15. The van der Waals surface area contributed by atoms with E-state index in [1.54, 1.807) is 12.1 Å². The molecule has 158 valence electrons. The molecule has 1 aliphatic heterocycles. The number of β-amino-alcohol motifs (C(OH)–C–C–N with tert-alkyl or cyclic N) is 1. The van der Waals surface area contributed by atoms with Crippen LogP contribution in [0.4, 0.5) is 0 Å². The van der Waals surface area contributed by atoms with Gasteiger partial charge in [0.2, 0.25) is 5.91 Å². The van der Waals surface area contributed by atoms with Crippen LogP contribution in [-0.4, -0.2) is 48.7 Å². The van der Waals surface area contributed by atoms with Crippen LogP contribution in [0.15, 0.2) is 24.3 Å². The summed E-state index contributed by atoms with van der Waals surface area (Å²) in [6, 6.07) is 6.88. The molecule has 0 bridgehead atoms. The van der Waals surface area contributed by atoms with Crippen LogP contribution < -0.4 is 16.0 Å². The Morgan fingerprint density at radius 1 is 1.18 bits per heavy atom. The van der Waals surface area contributed by atoms with Gasteiger partial charge in [0.25, 0.3) is 5.91 Å². The molecular formula is C21H34ClN3O3. The third-order valence-corrected chi connectivity index (χ3v) is 5.09. The van der Waals surface area contributed by atoms with E-state index in [1.807, 2.05) is 26.0 Å². The van der Waals surface area contributed by atoms with Gasteiger partial charge in [-0.25, -0.2) is 0 Å². The summed E-state index contributed by atoms with van der Waals surface area (Å²) in [7, 11) is 0. The number of carbonyl (C=O) groups is 2. The highest BCUT2D eigenvalue weighted by molar-refractivity contribution is 5.97. The second-order valence-corrected chi connectivity index (χ2v) is 8.75. The number of hydrogen-bond acceptors (Lipinski definition) is 4. The van der Waals surface area contributed by atoms with Crippen molar-refractivity contribution in [3.05, 3.63) is 35.4 Å². The van der Waals surface area contributed by atoms with Crippen molar-refractivity contribution in [2.75, 3.05) is 19.6 Å². The Balaban J connectivity index is 0.00000392. The number of carbonyl (C=O) groups excluding carboxylic acids is 2. The number of aliphatic hydroxyl groups excluding tert-OH is 1. The van der Waals surface area contributed by atoms with Crippen molar-refractivity contribution >= 4 is 24.2 Å². The number of aliphatic hydroxyl groups is 1. The first-order valence-corrected chi connectivity index (χ1v) is 9.67. The number of rotatable bonds is 6. The quantitative estimate of drug-likeness (QED) is 0.575. The lowest BCUT2D eigenvalue weighted by Crippen LogP contribution is -2.51. The van der Waals surface area contributed by atoms with Gasteiger partial charge in [0.05, 0.1) is 6.10 Å². The highest BCUT2D eigenvalue weighted by Crippen LogP contribution is 2.22. The lowest BCUT2D eigenvalue weighted by atomic mass is 9.86. The maximum Gasteiger partial charge on any atom is 0.251 e.